The van der Waals surface area contributed by atoms with Gasteiger partial charge in [0.15, 0.2) is 0 Å². The van der Waals surface area contributed by atoms with Crippen molar-refractivity contribution in [1.29, 1.82) is 0 Å². The number of hydrogen-bond acceptors (Lipinski definition) is 4. The SMILES string of the molecule is CCOc1cccc(NC(=O)c2cc(C)no2)c1. The fourth-order valence-electron chi connectivity index (χ4n) is 1.49. The number of nitrogens with one attached hydrogen (secondary N) is 1. The van der Waals surface area contributed by atoms with Crippen LogP contribution in [0.25, 0.3) is 0 Å². The standard InChI is InChI=1S/C13H14N2O3/c1-3-17-11-6-4-5-10(8-11)14-13(16)12-7-9(2)15-18-12/h4-8H,3H2,1-2H3,(H,14,16). The van der Waals surface area contributed by atoms with Gasteiger partial charge in [-0.05, 0) is 26.0 Å². The van der Waals surface area contributed by atoms with E-state index in [1.807, 2.05) is 19.1 Å². The smallest absolute Gasteiger partial charge is 0.294 e. The van der Waals surface area contributed by atoms with E-state index in [-0.39, 0.29) is 11.7 Å². The van der Waals surface area contributed by atoms with Crippen molar-refractivity contribution in [3.8, 4) is 5.75 Å². The molecule has 0 saturated heterocycles. The van der Waals surface area contributed by atoms with Crippen LogP contribution in [0.5, 0.6) is 5.75 Å². The summed E-state index contributed by atoms with van der Waals surface area (Å²) in [6.45, 7) is 4.25. The molecule has 5 heteroatoms. The van der Waals surface area contributed by atoms with Crippen molar-refractivity contribution in [3.63, 3.8) is 0 Å². The lowest BCUT2D eigenvalue weighted by Crippen LogP contribution is -2.10. The second kappa shape index (κ2) is 5.35. The molecule has 1 amide bonds. The predicted molar refractivity (Wildman–Crippen MR) is 66.8 cm³/mol. The van der Waals surface area contributed by atoms with E-state index in [9.17, 15) is 4.79 Å². The highest BCUT2D eigenvalue weighted by molar-refractivity contribution is 6.02. The molecule has 0 saturated carbocycles. The summed E-state index contributed by atoms with van der Waals surface area (Å²) >= 11 is 0. The molecule has 0 aliphatic rings. The summed E-state index contributed by atoms with van der Waals surface area (Å²) < 4.78 is 10.2. The molecule has 0 fully saturated rings. The van der Waals surface area contributed by atoms with Crippen LogP contribution in [-0.4, -0.2) is 17.7 Å². The summed E-state index contributed by atoms with van der Waals surface area (Å²) in [5.74, 6) is 0.572. The Kier molecular flexibility index (Phi) is 3.62. The third-order valence-electron chi connectivity index (χ3n) is 2.25. The van der Waals surface area contributed by atoms with E-state index < -0.39 is 0 Å². The van der Waals surface area contributed by atoms with Crippen LogP contribution in [0.4, 0.5) is 5.69 Å². The first-order chi connectivity index (χ1) is 8.69. The van der Waals surface area contributed by atoms with Gasteiger partial charge in [0, 0.05) is 17.8 Å². The molecule has 1 N–H and O–H groups in total. The molecule has 1 aromatic carbocycles. The van der Waals surface area contributed by atoms with Gasteiger partial charge in [-0.15, -0.1) is 0 Å². The van der Waals surface area contributed by atoms with Crippen LogP contribution in [0.2, 0.25) is 0 Å². The van der Waals surface area contributed by atoms with Gasteiger partial charge in [-0.25, -0.2) is 0 Å². The van der Waals surface area contributed by atoms with Crippen molar-refractivity contribution >= 4 is 11.6 Å². The van der Waals surface area contributed by atoms with Gasteiger partial charge in [0.1, 0.15) is 5.75 Å². The molecule has 0 aliphatic carbocycles. The summed E-state index contributed by atoms with van der Waals surface area (Å²) in [5.41, 5.74) is 1.32. The van der Waals surface area contributed by atoms with Crippen molar-refractivity contribution < 1.29 is 14.1 Å². The van der Waals surface area contributed by atoms with Crippen LogP contribution in [0.15, 0.2) is 34.9 Å². The minimum absolute atomic E-state index is 0.189. The lowest BCUT2D eigenvalue weighted by atomic mass is 10.3. The van der Waals surface area contributed by atoms with Crippen molar-refractivity contribution in [2.75, 3.05) is 11.9 Å². The van der Waals surface area contributed by atoms with E-state index in [4.69, 9.17) is 9.26 Å². The maximum Gasteiger partial charge on any atom is 0.294 e. The highest BCUT2D eigenvalue weighted by atomic mass is 16.5. The van der Waals surface area contributed by atoms with Gasteiger partial charge in [0.25, 0.3) is 5.91 Å². The zero-order valence-electron chi connectivity index (χ0n) is 10.3. The molecule has 1 aromatic heterocycles. The molecule has 5 nitrogen and oxygen atoms in total. The minimum atomic E-state index is -0.329. The molecule has 0 radical (unpaired) electrons. The number of nitrogens with zero attached hydrogens (tertiary/aromatic N) is 1. The maximum atomic E-state index is 11.8. The quantitative estimate of drug-likeness (QED) is 0.900. The van der Waals surface area contributed by atoms with Gasteiger partial charge in [-0.3, -0.25) is 4.79 Å². The molecular weight excluding hydrogens is 232 g/mol. The second-order valence-electron chi connectivity index (χ2n) is 3.75. The largest absolute Gasteiger partial charge is 0.494 e. The third kappa shape index (κ3) is 2.88. The number of carbonyl (C=O) groups excluding carboxylic acids is 1. The first-order valence-electron chi connectivity index (χ1n) is 5.66. The van der Waals surface area contributed by atoms with Gasteiger partial charge in [0.05, 0.1) is 12.3 Å². The topological polar surface area (TPSA) is 64.4 Å². The van der Waals surface area contributed by atoms with Crippen molar-refractivity contribution in [3.05, 3.63) is 41.8 Å². The second-order valence-corrected chi connectivity index (χ2v) is 3.75. The van der Waals surface area contributed by atoms with Gasteiger partial charge in [-0.2, -0.15) is 0 Å². The van der Waals surface area contributed by atoms with Gasteiger partial charge >= 0.3 is 0 Å². The molecule has 0 aliphatic heterocycles. The van der Waals surface area contributed by atoms with Crippen LogP contribution in [0.3, 0.4) is 0 Å². The van der Waals surface area contributed by atoms with E-state index in [2.05, 4.69) is 10.5 Å². The number of anilines is 1. The first kappa shape index (κ1) is 12.2. The van der Waals surface area contributed by atoms with Crippen LogP contribution in [-0.2, 0) is 0 Å². The van der Waals surface area contributed by atoms with E-state index in [0.717, 1.165) is 0 Å². The summed E-state index contributed by atoms with van der Waals surface area (Å²) in [6.07, 6.45) is 0. The molecule has 18 heavy (non-hydrogen) atoms. The van der Waals surface area contributed by atoms with Crippen LogP contribution < -0.4 is 10.1 Å². The number of hydrogen-bond donors (Lipinski definition) is 1. The number of amides is 1. The van der Waals surface area contributed by atoms with E-state index in [1.165, 1.54) is 0 Å². The highest BCUT2D eigenvalue weighted by Gasteiger charge is 2.11. The minimum Gasteiger partial charge on any atom is -0.494 e. The number of aryl methyl sites for hydroxylation is 1. The number of aromatic nitrogens is 1. The number of ether oxygens (including phenoxy) is 1. The van der Waals surface area contributed by atoms with E-state index in [0.29, 0.717) is 23.7 Å². The van der Waals surface area contributed by atoms with Crippen LogP contribution >= 0.6 is 0 Å². The molecule has 0 spiro atoms. The lowest BCUT2D eigenvalue weighted by molar-refractivity contribution is 0.0988. The highest BCUT2D eigenvalue weighted by Crippen LogP contribution is 2.18. The van der Waals surface area contributed by atoms with Crippen molar-refractivity contribution in [2.24, 2.45) is 0 Å². The molecule has 2 aromatic rings. The van der Waals surface area contributed by atoms with Gasteiger partial charge < -0.3 is 14.6 Å². The molecule has 94 valence electrons. The Morgan fingerprint density at radius 1 is 1.44 bits per heavy atom. The predicted octanol–water partition coefficient (Wildman–Crippen LogP) is 2.63. The summed E-state index contributed by atoms with van der Waals surface area (Å²) in [5, 5.41) is 6.38. The Labute approximate surface area is 105 Å². The third-order valence-corrected chi connectivity index (χ3v) is 2.25. The summed E-state index contributed by atoms with van der Waals surface area (Å²) in [7, 11) is 0. The lowest BCUT2D eigenvalue weighted by Gasteiger charge is -2.06. The van der Waals surface area contributed by atoms with Crippen molar-refractivity contribution in [2.45, 2.75) is 13.8 Å². The molecule has 0 atom stereocenters. The summed E-state index contributed by atoms with van der Waals surface area (Å²) in [4.78, 5) is 11.8. The van der Waals surface area contributed by atoms with Gasteiger partial charge in [0.2, 0.25) is 5.76 Å². The maximum absolute atomic E-state index is 11.8. The van der Waals surface area contributed by atoms with Crippen LogP contribution in [0.1, 0.15) is 23.2 Å². The Morgan fingerprint density at radius 3 is 2.94 bits per heavy atom. The zero-order valence-corrected chi connectivity index (χ0v) is 10.3. The molecule has 0 bridgehead atoms. The number of rotatable bonds is 4. The zero-order chi connectivity index (χ0) is 13.0. The van der Waals surface area contributed by atoms with Gasteiger partial charge in [-0.1, -0.05) is 11.2 Å². The Bertz CT molecular complexity index is 549. The number of carbonyl (C=O) groups is 1. The number of benzene rings is 1. The van der Waals surface area contributed by atoms with Crippen molar-refractivity contribution in [1.82, 2.24) is 5.16 Å². The monoisotopic (exact) mass is 246 g/mol. The molecular formula is C13H14N2O3. The first-order valence-corrected chi connectivity index (χ1v) is 5.66. The average molecular weight is 246 g/mol. The Morgan fingerprint density at radius 2 is 2.28 bits per heavy atom. The Hall–Kier alpha value is -2.30. The normalized spacial score (nSPS) is 10.1. The van der Waals surface area contributed by atoms with E-state index in [1.54, 1.807) is 25.1 Å². The Balaban J connectivity index is 2.09. The van der Waals surface area contributed by atoms with Crippen LogP contribution in [0, 0.1) is 6.92 Å². The summed E-state index contributed by atoms with van der Waals surface area (Å²) in [6, 6.07) is 8.76. The fourth-order valence-corrected chi connectivity index (χ4v) is 1.49. The average Bonchev–Trinajstić information content (AvgIpc) is 2.77. The fraction of sp³-hybridized carbons (Fsp3) is 0.231. The van der Waals surface area contributed by atoms with E-state index >= 15 is 0 Å². The molecule has 2 rings (SSSR count). The molecule has 0 unspecified atom stereocenters. The molecule has 1 heterocycles.